The molecule has 11 aromatic rings. The van der Waals surface area contributed by atoms with E-state index in [-0.39, 0.29) is 0 Å². The monoisotopic (exact) mass is 630 g/mol. The first-order valence-corrected chi connectivity index (χ1v) is 17.4. The van der Waals surface area contributed by atoms with Gasteiger partial charge in [-0.1, -0.05) is 164 Å². The Hall–Kier alpha value is -6.50. The van der Waals surface area contributed by atoms with Crippen LogP contribution >= 0.6 is 0 Å². The fraction of sp³-hybridized carbons (Fsp3) is 0. The van der Waals surface area contributed by atoms with Crippen LogP contribution in [0.3, 0.4) is 0 Å². The van der Waals surface area contributed by atoms with Crippen molar-refractivity contribution in [3.8, 4) is 44.5 Å². The first-order valence-electron chi connectivity index (χ1n) is 17.4. The lowest BCUT2D eigenvalue weighted by Crippen LogP contribution is -1.87. The van der Waals surface area contributed by atoms with Crippen LogP contribution in [-0.2, 0) is 0 Å². The average Bonchev–Trinajstić information content (AvgIpc) is 3.71. The Labute approximate surface area is 290 Å². The summed E-state index contributed by atoms with van der Waals surface area (Å²) >= 11 is 0. The molecule has 0 nitrogen and oxygen atoms in total. The van der Waals surface area contributed by atoms with E-state index in [9.17, 15) is 0 Å². The van der Waals surface area contributed by atoms with Crippen LogP contribution < -0.4 is 0 Å². The third-order valence-electron chi connectivity index (χ3n) is 10.9. The zero-order valence-corrected chi connectivity index (χ0v) is 27.3. The zero-order valence-electron chi connectivity index (χ0n) is 27.3. The van der Waals surface area contributed by atoms with Crippen LogP contribution in [0.15, 0.2) is 182 Å². The van der Waals surface area contributed by atoms with E-state index in [0.717, 1.165) is 0 Å². The van der Waals surface area contributed by atoms with Crippen LogP contribution in [0.5, 0.6) is 0 Å². The minimum Gasteiger partial charge on any atom is -0.0622 e. The number of hydrogen-bond donors (Lipinski definition) is 0. The van der Waals surface area contributed by atoms with E-state index < -0.39 is 0 Å². The third-order valence-corrected chi connectivity index (χ3v) is 10.9. The van der Waals surface area contributed by atoms with Gasteiger partial charge in [0, 0.05) is 0 Å². The molecule has 0 aliphatic carbocycles. The van der Waals surface area contributed by atoms with Gasteiger partial charge in [-0.3, -0.25) is 0 Å². The van der Waals surface area contributed by atoms with Gasteiger partial charge >= 0.3 is 0 Å². The number of benzene rings is 9. The van der Waals surface area contributed by atoms with Crippen molar-refractivity contribution < 1.29 is 0 Å². The van der Waals surface area contributed by atoms with Crippen LogP contribution in [0.1, 0.15) is 0 Å². The van der Waals surface area contributed by atoms with Gasteiger partial charge in [0.1, 0.15) is 0 Å². The van der Waals surface area contributed by atoms with Crippen molar-refractivity contribution in [2.75, 3.05) is 0 Å². The molecule has 0 fully saturated rings. The summed E-state index contributed by atoms with van der Waals surface area (Å²) in [5.74, 6) is 0. The topological polar surface area (TPSA) is 0 Å². The van der Waals surface area contributed by atoms with Gasteiger partial charge in [-0.25, -0.2) is 0 Å². The number of fused-ring (bicyclic) bond motifs is 7. The molecular formula is C50H30. The van der Waals surface area contributed by atoms with Gasteiger partial charge < -0.3 is 0 Å². The van der Waals surface area contributed by atoms with Crippen molar-refractivity contribution in [2.24, 2.45) is 0 Å². The molecule has 0 bridgehead atoms. The minimum atomic E-state index is 1.22. The van der Waals surface area contributed by atoms with Crippen LogP contribution in [0.4, 0.5) is 0 Å². The molecule has 11 rings (SSSR count). The molecule has 0 radical (unpaired) electrons. The van der Waals surface area contributed by atoms with Gasteiger partial charge in [0.2, 0.25) is 0 Å². The molecule has 50 heavy (non-hydrogen) atoms. The fourth-order valence-corrected chi connectivity index (χ4v) is 8.87. The first kappa shape index (κ1) is 27.5. The summed E-state index contributed by atoms with van der Waals surface area (Å²) in [5.41, 5.74) is 9.98. The summed E-state index contributed by atoms with van der Waals surface area (Å²) in [6, 6.07) is 67.3. The molecule has 230 valence electrons. The van der Waals surface area contributed by atoms with Crippen molar-refractivity contribution in [3.05, 3.63) is 182 Å². The SMILES string of the molecule is c1ccc(-c2cc(-c3ccccc3)cc(-c3ccc4c5c(-c6ccccc6)c6cccc7c8ccccc8c(c67)c5c5cccc3c45)c2)cc1. The number of hydrogen-bond acceptors (Lipinski definition) is 0. The molecule has 0 heteroatoms. The van der Waals surface area contributed by atoms with Crippen LogP contribution in [-0.4, -0.2) is 0 Å². The summed E-state index contributed by atoms with van der Waals surface area (Å²) in [6.45, 7) is 0. The van der Waals surface area contributed by atoms with E-state index >= 15 is 0 Å². The van der Waals surface area contributed by atoms with Crippen molar-refractivity contribution in [1.29, 1.82) is 0 Å². The Bertz CT molecular complexity index is 2990. The Balaban J connectivity index is 1.30. The van der Waals surface area contributed by atoms with Gasteiger partial charge in [-0.15, -0.1) is 0 Å². The molecule has 0 atom stereocenters. The van der Waals surface area contributed by atoms with Crippen LogP contribution in [0, 0.1) is 0 Å². The van der Waals surface area contributed by atoms with Gasteiger partial charge in [0.05, 0.1) is 0 Å². The Morgan fingerprint density at radius 3 is 1.34 bits per heavy atom. The second-order valence-corrected chi connectivity index (χ2v) is 13.6. The zero-order chi connectivity index (χ0) is 32.8. The highest BCUT2D eigenvalue weighted by Crippen LogP contribution is 2.53. The molecule has 0 aliphatic rings. The Morgan fingerprint density at radius 2 is 0.660 bits per heavy atom. The molecule has 0 heterocycles. The fourth-order valence-electron chi connectivity index (χ4n) is 8.87. The summed E-state index contributed by atoms with van der Waals surface area (Å²) in [7, 11) is 0. The molecule has 0 aliphatic heterocycles. The van der Waals surface area contributed by atoms with E-state index in [0.29, 0.717) is 0 Å². The molecule has 0 N–H and O–H groups in total. The van der Waals surface area contributed by atoms with Crippen molar-refractivity contribution in [1.82, 2.24) is 0 Å². The van der Waals surface area contributed by atoms with Gasteiger partial charge in [0.15, 0.2) is 0 Å². The van der Waals surface area contributed by atoms with Gasteiger partial charge in [0.25, 0.3) is 0 Å². The molecule has 0 saturated carbocycles. The lowest BCUT2D eigenvalue weighted by Gasteiger charge is -2.14. The van der Waals surface area contributed by atoms with E-state index in [1.807, 2.05) is 0 Å². The molecule has 0 unspecified atom stereocenters. The maximum absolute atomic E-state index is 2.40. The van der Waals surface area contributed by atoms with Crippen LogP contribution in [0.2, 0.25) is 0 Å². The smallest absolute Gasteiger partial charge is 0.000697 e. The summed E-state index contributed by atoms with van der Waals surface area (Å²) in [4.78, 5) is 0. The highest BCUT2D eigenvalue weighted by molar-refractivity contribution is 6.48. The van der Waals surface area contributed by atoms with E-state index in [1.165, 1.54) is 109 Å². The van der Waals surface area contributed by atoms with E-state index in [4.69, 9.17) is 0 Å². The minimum absolute atomic E-state index is 1.22. The molecule has 0 aromatic heterocycles. The Morgan fingerprint density at radius 1 is 0.200 bits per heavy atom. The normalized spacial score (nSPS) is 12.0. The average molecular weight is 631 g/mol. The van der Waals surface area contributed by atoms with Crippen molar-refractivity contribution in [2.45, 2.75) is 0 Å². The third kappa shape index (κ3) is 3.82. The quantitative estimate of drug-likeness (QED) is 0.181. The van der Waals surface area contributed by atoms with Crippen molar-refractivity contribution in [3.63, 3.8) is 0 Å². The second kappa shape index (κ2) is 10.5. The van der Waals surface area contributed by atoms with Crippen LogP contribution in [0.25, 0.3) is 109 Å². The largest absolute Gasteiger partial charge is 0.0622 e. The summed E-state index contributed by atoms with van der Waals surface area (Å²) < 4.78 is 0. The molecular weight excluding hydrogens is 601 g/mol. The molecule has 0 saturated heterocycles. The summed E-state index contributed by atoms with van der Waals surface area (Å²) in [6.07, 6.45) is 0. The number of rotatable bonds is 4. The predicted molar refractivity (Wildman–Crippen MR) is 216 cm³/mol. The second-order valence-electron chi connectivity index (χ2n) is 13.6. The first-order chi connectivity index (χ1) is 24.8. The predicted octanol–water partition coefficient (Wildman–Crippen LogP) is 14.1. The maximum atomic E-state index is 2.40. The lowest BCUT2D eigenvalue weighted by molar-refractivity contribution is 1.58. The molecule has 11 aromatic carbocycles. The standard InChI is InChI=1S/C50H30/c1-4-14-31(15-5-1)34-28-35(32-16-6-2-7-17-32)30-36(29-34)37-26-27-44-46-39(37)22-12-25-43(46)50-48-41-21-11-10-20-38(41)40-23-13-24-42(47(40)48)45(49(44)50)33-18-8-3-9-19-33/h1-30H. The maximum Gasteiger partial charge on any atom is -0.000697 e. The molecule has 0 amide bonds. The van der Waals surface area contributed by atoms with E-state index in [1.54, 1.807) is 0 Å². The van der Waals surface area contributed by atoms with Gasteiger partial charge in [-0.05, 0) is 127 Å². The van der Waals surface area contributed by atoms with Gasteiger partial charge in [-0.2, -0.15) is 0 Å². The Kier molecular flexibility index (Phi) is 5.76. The summed E-state index contributed by atoms with van der Waals surface area (Å²) in [5, 5.41) is 16.1. The highest BCUT2D eigenvalue weighted by atomic mass is 14.3. The lowest BCUT2D eigenvalue weighted by atomic mass is 9.89. The highest BCUT2D eigenvalue weighted by Gasteiger charge is 2.25. The van der Waals surface area contributed by atoms with Crippen molar-refractivity contribution >= 4 is 64.6 Å². The van der Waals surface area contributed by atoms with E-state index in [2.05, 4.69) is 182 Å². The molecule has 0 spiro atoms.